The van der Waals surface area contributed by atoms with Crippen LogP contribution in [0.3, 0.4) is 0 Å². The van der Waals surface area contributed by atoms with Crippen LogP contribution in [-0.2, 0) is 16.1 Å². The molecule has 3 aliphatic rings. The van der Waals surface area contributed by atoms with Crippen molar-refractivity contribution in [1.29, 1.82) is 0 Å². The Balaban J connectivity index is 1.48. The van der Waals surface area contributed by atoms with Crippen LogP contribution in [0.15, 0.2) is 30.3 Å². The molecule has 0 aliphatic heterocycles. The summed E-state index contributed by atoms with van der Waals surface area (Å²) < 4.78 is 5.15. The quantitative estimate of drug-likeness (QED) is 0.883. The lowest BCUT2D eigenvalue weighted by Crippen LogP contribution is -2.38. The highest BCUT2D eigenvalue weighted by molar-refractivity contribution is 5.77. The number of carbonyl (C=O) groups excluding carboxylic acids is 1. The summed E-state index contributed by atoms with van der Waals surface area (Å²) in [4.78, 5) is 22.9. The van der Waals surface area contributed by atoms with Crippen molar-refractivity contribution in [2.75, 3.05) is 0 Å². The van der Waals surface area contributed by atoms with E-state index in [9.17, 15) is 14.7 Å². The molecule has 3 saturated carbocycles. The number of amides is 1. The first-order chi connectivity index (χ1) is 9.59. The second-order valence-electron chi connectivity index (χ2n) is 5.77. The summed E-state index contributed by atoms with van der Waals surface area (Å²) in [7, 11) is 0. The molecular weight excluding hydrogens is 258 g/mol. The number of carbonyl (C=O) groups is 2. The molecular formula is C15H17NO4. The van der Waals surface area contributed by atoms with E-state index in [1.807, 2.05) is 30.3 Å². The maximum atomic E-state index is 11.7. The molecule has 0 heterocycles. The summed E-state index contributed by atoms with van der Waals surface area (Å²) in [6, 6.07) is 9.39. The minimum absolute atomic E-state index is 0.0608. The van der Waals surface area contributed by atoms with Crippen LogP contribution in [0.25, 0.3) is 0 Å². The molecule has 3 fully saturated rings. The van der Waals surface area contributed by atoms with Crippen LogP contribution in [0.4, 0.5) is 4.79 Å². The minimum Gasteiger partial charge on any atom is -0.481 e. The van der Waals surface area contributed by atoms with Crippen LogP contribution in [0.1, 0.15) is 24.8 Å². The SMILES string of the molecule is O=C(NC1CC2(C(=O)O)CC1C2)OCc1ccccc1. The monoisotopic (exact) mass is 275 g/mol. The van der Waals surface area contributed by atoms with Crippen LogP contribution in [-0.4, -0.2) is 23.2 Å². The Morgan fingerprint density at radius 3 is 2.55 bits per heavy atom. The van der Waals surface area contributed by atoms with Crippen LogP contribution in [0.5, 0.6) is 0 Å². The highest BCUT2D eigenvalue weighted by Crippen LogP contribution is 2.58. The lowest BCUT2D eigenvalue weighted by molar-refractivity contribution is -0.153. The molecule has 0 spiro atoms. The molecule has 0 radical (unpaired) electrons. The highest BCUT2D eigenvalue weighted by atomic mass is 16.5. The van der Waals surface area contributed by atoms with Gasteiger partial charge >= 0.3 is 12.1 Å². The largest absolute Gasteiger partial charge is 0.481 e. The van der Waals surface area contributed by atoms with E-state index in [-0.39, 0.29) is 18.6 Å². The molecule has 2 bridgehead atoms. The third kappa shape index (κ3) is 2.24. The van der Waals surface area contributed by atoms with E-state index in [1.165, 1.54) is 0 Å². The second kappa shape index (κ2) is 4.81. The molecule has 1 amide bonds. The number of rotatable bonds is 4. The lowest BCUT2D eigenvalue weighted by Gasteiger charge is -2.33. The molecule has 2 N–H and O–H groups in total. The van der Waals surface area contributed by atoms with Gasteiger partial charge in [0, 0.05) is 6.04 Å². The number of nitrogens with one attached hydrogen (secondary N) is 1. The number of alkyl carbamates (subject to hydrolysis) is 1. The van der Waals surface area contributed by atoms with Gasteiger partial charge in [-0.1, -0.05) is 30.3 Å². The average Bonchev–Trinajstić information content (AvgIpc) is 2.92. The molecule has 4 rings (SSSR count). The van der Waals surface area contributed by atoms with Gasteiger partial charge in [-0.3, -0.25) is 4.79 Å². The summed E-state index contributed by atoms with van der Waals surface area (Å²) in [6.07, 6.45) is 1.40. The van der Waals surface area contributed by atoms with Gasteiger partial charge in [0.2, 0.25) is 0 Å². The fourth-order valence-electron chi connectivity index (χ4n) is 3.33. The molecule has 5 nitrogen and oxygen atoms in total. The highest BCUT2D eigenvalue weighted by Gasteiger charge is 2.61. The predicted molar refractivity (Wildman–Crippen MR) is 71.0 cm³/mol. The number of hydrogen-bond acceptors (Lipinski definition) is 3. The van der Waals surface area contributed by atoms with E-state index in [1.54, 1.807) is 0 Å². The van der Waals surface area contributed by atoms with Gasteiger partial charge in [-0.05, 0) is 30.7 Å². The number of ether oxygens (including phenoxy) is 1. The van der Waals surface area contributed by atoms with Crippen molar-refractivity contribution in [2.45, 2.75) is 31.9 Å². The molecule has 1 aromatic rings. The molecule has 1 unspecified atom stereocenters. The summed E-state index contributed by atoms with van der Waals surface area (Å²) in [5.74, 6) is -0.453. The number of benzene rings is 1. The van der Waals surface area contributed by atoms with Crippen molar-refractivity contribution in [3.63, 3.8) is 0 Å². The zero-order valence-corrected chi connectivity index (χ0v) is 11.0. The van der Waals surface area contributed by atoms with Gasteiger partial charge < -0.3 is 15.2 Å². The fourth-order valence-corrected chi connectivity index (χ4v) is 3.33. The Kier molecular flexibility index (Phi) is 3.12. The van der Waals surface area contributed by atoms with Crippen molar-refractivity contribution >= 4 is 12.1 Å². The van der Waals surface area contributed by atoms with Gasteiger partial charge in [0.05, 0.1) is 5.41 Å². The van der Waals surface area contributed by atoms with E-state index in [0.29, 0.717) is 19.3 Å². The van der Waals surface area contributed by atoms with Crippen molar-refractivity contribution in [1.82, 2.24) is 5.32 Å². The molecule has 1 aromatic carbocycles. The predicted octanol–water partition coefficient (Wildman–Crippen LogP) is 2.17. The Hall–Kier alpha value is -2.04. The van der Waals surface area contributed by atoms with Gasteiger partial charge in [0.15, 0.2) is 0 Å². The third-order valence-corrected chi connectivity index (χ3v) is 4.46. The minimum atomic E-state index is -0.740. The number of hydrogen-bond donors (Lipinski definition) is 2. The standard InChI is InChI=1S/C15H17NO4/c17-13(18)15-6-11(7-15)12(8-15)16-14(19)20-9-10-4-2-1-3-5-10/h1-5,11-12H,6-9H2,(H,16,19)(H,17,18). The van der Waals surface area contributed by atoms with Crippen LogP contribution < -0.4 is 5.32 Å². The molecule has 106 valence electrons. The van der Waals surface area contributed by atoms with E-state index in [0.717, 1.165) is 5.56 Å². The van der Waals surface area contributed by atoms with Crippen LogP contribution >= 0.6 is 0 Å². The molecule has 3 aliphatic carbocycles. The van der Waals surface area contributed by atoms with Crippen LogP contribution in [0, 0.1) is 11.3 Å². The van der Waals surface area contributed by atoms with E-state index in [2.05, 4.69) is 5.32 Å². The van der Waals surface area contributed by atoms with Crippen molar-refractivity contribution in [3.8, 4) is 0 Å². The van der Waals surface area contributed by atoms with Gasteiger partial charge in [0.25, 0.3) is 0 Å². The smallest absolute Gasteiger partial charge is 0.407 e. The van der Waals surface area contributed by atoms with Crippen molar-refractivity contribution in [3.05, 3.63) is 35.9 Å². The van der Waals surface area contributed by atoms with E-state index < -0.39 is 17.5 Å². The second-order valence-corrected chi connectivity index (χ2v) is 5.77. The number of carboxylic acid groups (broad SMARTS) is 1. The first-order valence-electron chi connectivity index (χ1n) is 6.80. The molecule has 0 saturated heterocycles. The maximum Gasteiger partial charge on any atom is 0.407 e. The van der Waals surface area contributed by atoms with Gasteiger partial charge in [-0.25, -0.2) is 4.79 Å². The molecule has 1 atom stereocenters. The topological polar surface area (TPSA) is 75.6 Å². The zero-order chi connectivity index (χ0) is 14.2. The summed E-state index contributed by atoms with van der Waals surface area (Å²) >= 11 is 0. The van der Waals surface area contributed by atoms with Crippen LogP contribution in [0.2, 0.25) is 0 Å². The van der Waals surface area contributed by atoms with Crippen molar-refractivity contribution < 1.29 is 19.4 Å². The number of carboxylic acids is 1. The number of aliphatic carboxylic acids is 1. The molecule has 5 heteroatoms. The van der Waals surface area contributed by atoms with Gasteiger partial charge in [-0.15, -0.1) is 0 Å². The van der Waals surface area contributed by atoms with E-state index >= 15 is 0 Å². The maximum absolute atomic E-state index is 11.7. The Morgan fingerprint density at radius 2 is 1.95 bits per heavy atom. The Bertz CT molecular complexity index is 522. The average molecular weight is 275 g/mol. The van der Waals surface area contributed by atoms with Gasteiger partial charge in [0.1, 0.15) is 6.61 Å². The normalized spacial score (nSPS) is 30.4. The third-order valence-electron chi connectivity index (χ3n) is 4.46. The Labute approximate surface area is 116 Å². The van der Waals surface area contributed by atoms with E-state index in [4.69, 9.17) is 4.74 Å². The fraction of sp³-hybridized carbons (Fsp3) is 0.467. The Morgan fingerprint density at radius 1 is 1.25 bits per heavy atom. The number of fused-ring (bicyclic) bond motifs is 1. The summed E-state index contributed by atoms with van der Waals surface area (Å²) in [6.45, 7) is 0.230. The molecule has 0 aromatic heterocycles. The van der Waals surface area contributed by atoms with Gasteiger partial charge in [-0.2, -0.15) is 0 Å². The van der Waals surface area contributed by atoms with Crippen molar-refractivity contribution in [2.24, 2.45) is 11.3 Å². The first kappa shape index (κ1) is 13.0. The first-order valence-corrected chi connectivity index (χ1v) is 6.80. The zero-order valence-electron chi connectivity index (χ0n) is 11.0. The summed E-state index contributed by atoms with van der Waals surface area (Å²) in [5, 5.41) is 12.0. The molecule has 20 heavy (non-hydrogen) atoms. The lowest BCUT2D eigenvalue weighted by atomic mass is 9.70. The summed E-state index contributed by atoms with van der Waals surface area (Å²) in [5.41, 5.74) is 0.336.